The highest BCUT2D eigenvalue weighted by molar-refractivity contribution is 7.11. The number of hydrogen-bond acceptors (Lipinski definition) is 8. The second-order valence-corrected chi connectivity index (χ2v) is 5.65. The number of halogens is 1. The Labute approximate surface area is 140 Å². The number of nitrogens with zero attached hydrogens (tertiary/aromatic N) is 4. The van der Waals surface area contributed by atoms with Gasteiger partial charge in [0.15, 0.2) is 22.2 Å². The number of fused-ring (bicyclic) bond motifs is 1. The molecule has 3 N–H and O–H groups in total. The van der Waals surface area contributed by atoms with E-state index in [1.165, 1.54) is 6.07 Å². The highest BCUT2D eigenvalue weighted by Crippen LogP contribution is 2.36. The fourth-order valence-electron chi connectivity index (χ4n) is 2.16. The van der Waals surface area contributed by atoms with Crippen LogP contribution in [0.25, 0.3) is 11.0 Å². The van der Waals surface area contributed by atoms with Crippen molar-refractivity contribution in [2.24, 2.45) is 16.0 Å². The number of hydrogen-bond donors (Lipinski definition) is 2. The molecular formula is C15H14FN5O2S. The van der Waals surface area contributed by atoms with Gasteiger partial charge in [0, 0.05) is 17.8 Å². The minimum atomic E-state index is -0.788. The van der Waals surface area contributed by atoms with E-state index in [2.05, 4.69) is 19.6 Å². The van der Waals surface area contributed by atoms with E-state index in [-0.39, 0.29) is 12.4 Å². The zero-order chi connectivity index (χ0) is 17.1. The Hall–Kier alpha value is -2.49. The number of phenolic OH excluding ortho intramolecular Hbond substituents is 1. The van der Waals surface area contributed by atoms with Crippen LogP contribution < -0.4 is 5.73 Å². The third-order valence-corrected chi connectivity index (χ3v) is 4.10. The molecule has 0 bridgehead atoms. The number of aromatic hydroxyl groups is 1. The van der Waals surface area contributed by atoms with Crippen LogP contribution >= 0.6 is 11.5 Å². The normalized spacial score (nSPS) is 13.0. The van der Waals surface area contributed by atoms with Crippen molar-refractivity contribution in [3.63, 3.8) is 0 Å². The molecule has 0 amide bonds. The molecule has 0 aliphatic heterocycles. The Bertz CT molecular complexity index is 899. The first-order valence-corrected chi connectivity index (χ1v) is 7.83. The first-order valence-electron chi connectivity index (χ1n) is 7.06. The van der Waals surface area contributed by atoms with E-state index >= 15 is 0 Å². The number of aromatic nitrogens is 2. The van der Waals surface area contributed by atoms with Gasteiger partial charge in [-0.05, 0) is 36.7 Å². The van der Waals surface area contributed by atoms with Crippen LogP contribution in [0.3, 0.4) is 0 Å². The molecule has 0 saturated heterocycles. The molecule has 2 aromatic heterocycles. The van der Waals surface area contributed by atoms with Gasteiger partial charge in [-0.3, -0.25) is 0 Å². The smallest absolute Gasteiger partial charge is 0.175 e. The zero-order valence-corrected chi connectivity index (χ0v) is 13.5. The summed E-state index contributed by atoms with van der Waals surface area (Å²) in [5.41, 5.74) is 6.68. The summed E-state index contributed by atoms with van der Waals surface area (Å²) in [6, 6.07) is 5.97. The number of benzene rings is 1. The van der Waals surface area contributed by atoms with Crippen molar-refractivity contribution in [2.45, 2.75) is 13.0 Å². The molecule has 2 heterocycles. The van der Waals surface area contributed by atoms with Gasteiger partial charge in [0.1, 0.15) is 0 Å². The van der Waals surface area contributed by atoms with E-state index < -0.39 is 17.7 Å². The predicted molar refractivity (Wildman–Crippen MR) is 88.2 cm³/mol. The standard InChI is InChI=1S/C15H14FN5O2S/c1-8(23-7-17)10-5-13(22)11(16)6-12(10)19-20-15-9-3-2-4-18-14(9)21-24-15/h2-6,8,22H,7,17H2,1H3. The highest BCUT2D eigenvalue weighted by Gasteiger charge is 2.15. The lowest BCUT2D eigenvalue weighted by Crippen LogP contribution is -2.08. The largest absolute Gasteiger partial charge is 0.505 e. The molecule has 0 spiro atoms. The number of azo groups is 1. The van der Waals surface area contributed by atoms with E-state index in [0.717, 1.165) is 23.0 Å². The van der Waals surface area contributed by atoms with Crippen LogP contribution in [0, 0.1) is 5.82 Å². The van der Waals surface area contributed by atoms with Crippen molar-refractivity contribution >= 4 is 33.3 Å². The molecule has 0 aliphatic rings. The average Bonchev–Trinajstić information content (AvgIpc) is 2.99. The average molecular weight is 347 g/mol. The Kier molecular flexibility index (Phi) is 4.74. The Morgan fingerprint density at radius 3 is 3.04 bits per heavy atom. The molecule has 0 saturated carbocycles. The maximum Gasteiger partial charge on any atom is 0.175 e. The summed E-state index contributed by atoms with van der Waals surface area (Å²) in [5.74, 6) is -1.27. The summed E-state index contributed by atoms with van der Waals surface area (Å²) in [7, 11) is 0. The van der Waals surface area contributed by atoms with Crippen molar-refractivity contribution in [1.82, 2.24) is 9.36 Å². The second-order valence-electron chi connectivity index (χ2n) is 4.90. The monoisotopic (exact) mass is 347 g/mol. The minimum Gasteiger partial charge on any atom is -0.505 e. The van der Waals surface area contributed by atoms with E-state index in [9.17, 15) is 9.50 Å². The molecule has 7 nitrogen and oxygen atoms in total. The predicted octanol–water partition coefficient (Wildman–Crippen LogP) is 3.95. The number of pyridine rings is 1. The van der Waals surface area contributed by atoms with E-state index in [4.69, 9.17) is 10.5 Å². The third kappa shape index (κ3) is 3.23. The molecular weight excluding hydrogens is 333 g/mol. The SMILES string of the molecule is CC(OCN)c1cc(O)c(F)cc1N=Nc1snc2ncccc12. The fourth-order valence-corrected chi connectivity index (χ4v) is 2.81. The summed E-state index contributed by atoms with van der Waals surface area (Å²) >= 11 is 1.15. The van der Waals surface area contributed by atoms with Gasteiger partial charge in [-0.25, -0.2) is 9.37 Å². The van der Waals surface area contributed by atoms with Gasteiger partial charge in [-0.2, -0.15) is 4.37 Å². The lowest BCUT2D eigenvalue weighted by molar-refractivity contribution is 0.0711. The summed E-state index contributed by atoms with van der Waals surface area (Å²) < 4.78 is 23.2. The van der Waals surface area contributed by atoms with Gasteiger partial charge in [-0.15, -0.1) is 10.2 Å². The first-order chi connectivity index (χ1) is 11.6. The van der Waals surface area contributed by atoms with Crippen molar-refractivity contribution in [1.29, 1.82) is 0 Å². The Balaban J connectivity index is 2.00. The number of ether oxygens (including phenoxy) is 1. The van der Waals surface area contributed by atoms with Gasteiger partial charge in [0.25, 0.3) is 0 Å². The Morgan fingerprint density at radius 2 is 2.25 bits per heavy atom. The number of rotatable bonds is 5. The van der Waals surface area contributed by atoms with E-state index in [0.29, 0.717) is 16.2 Å². The lowest BCUT2D eigenvalue weighted by atomic mass is 10.1. The van der Waals surface area contributed by atoms with Crippen LogP contribution in [-0.2, 0) is 4.74 Å². The fraction of sp³-hybridized carbons (Fsp3) is 0.200. The molecule has 24 heavy (non-hydrogen) atoms. The molecule has 3 aromatic rings. The van der Waals surface area contributed by atoms with Gasteiger partial charge in [-0.1, -0.05) is 0 Å². The summed E-state index contributed by atoms with van der Waals surface area (Å²) in [5, 5.41) is 19.2. The molecule has 1 atom stereocenters. The molecule has 0 fully saturated rings. The van der Waals surface area contributed by atoms with Gasteiger partial charge in [0.05, 0.1) is 23.9 Å². The van der Waals surface area contributed by atoms with Crippen LogP contribution in [0.5, 0.6) is 5.75 Å². The topological polar surface area (TPSA) is 106 Å². The molecule has 3 rings (SSSR count). The maximum absolute atomic E-state index is 13.7. The molecule has 0 radical (unpaired) electrons. The van der Waals surface area contributed by atoms with E-state index in [1.807, 2.05) is 6.07 Å². The van der Waals surface area contributed by atoms with Crippen molar-refractivity contribution in [2.75, 3.05) is 6.73 Å². The third-order valence-electron chi connectivity index (χ3n) is 3.36. The van der Waals surface area contributed by atoms with Crippen LogP contribution in [0.1, 0.15) is 18.6 Å². The van der Waals surface area contributed by atoms with Crippen molar-refractivity contribution in [3.05, 3.63) is 41.8 Å². The highest BCUT2D eigenvalue weighted by atomic mass is 32.1. The van der Waals surface area contributed by atoms with Gasteiger partial charge in [0.2, 0.25) is 0 Å². The van der Waals surface area contributed by atoms with Gasteiger partial charge >= 0.3 is 0 Å². The van der Waals surface area contributed by atoms with Crippen LogP contribution in [-0.4, -0.2) is 21.2 Å². The first kappa shape index (κ1) is 16.4. The Morgan fingerprint density at radius 1 is 1.42 bits per heavy atom. The van der Waals surface area contributed by atoms with E-state index in [1.54, 1.807) is 19.2 Å². The summed E-state index contributed by atoms with van der Waals surface area (Å²) in [6.45, 7) is 1.71. The van der Waals surface area contributed by atoms with Gasteiger partial charge < -0.3 is 15.6 Å². The van der Waals surface area contributed by atoms with Crippen LogP contribution in [0.2, 0.25) is 0 Å². The zero-order valence-electron chi connectivity index (χ0n) is 12.7. The molecule has 0 aliphatic carbocycles. The van der Waals surface area contributed by atoms with Crippen LogP contribution in [0.15, 0.2) is 40.7 Å². The van der Waals surface area contributed by atoms with Crippen molar-refractivity contribution < 1.29 is 14.2 Å². The molecule has 1 aromatic carbocycles. The maximum atomic E-state index is 13.7. The number of phenols is 1. The second kappa shape index (κ2) is 6.95. The summed E-state index contributed by atoms with van der Waals surface area (Å²) in [6.07, 6.45) is 1.16. The quantitative estimate of drug-likeness (QED) is 0.537. The summed E-state index contributed by atoms with van der Waals surface area (Å²) in [4.78, 5) is 4.12. The lowest BCUT2D eigenvalue weighted by Gasteiger charge is -2.14. The minimum absolute atomic E-state index is 0.0129. The molecule has 9 heteroatoms. The molecule has 124 valence electrons. The van der Waals surface area contributed by atoms with Crippen LogP contribution in [0.4, 0.5) is 15.1 Å². The number of nitrogens with two attached hydrogens (primary N) is 1. The molecule has 1 unspecified atom stereocenters. The van der Waals surface area contributed by atoms with Crippen molar-refractivity contribution in [3.8, 4) is 5.75 Å².